The Morgan fingerprint density at radius 1 is 1.06 bits per heavy atom. The fourth-order valence-electron chi connectivity index (χ4n) is 5.29. The fraction of sp³-hybridized carbons (Fsp3) is 0.375. The second-order valence-electron chi connectivity index (χ2n) is 8.94. The van der Waals surface area contributed by atoms with Gasteiger partial charge in [0.2, 0.25) is 11.6 Å². The predicted molar refractivity (Wildman–Crippen MR) is 116 cm³/mol. The summed E-state index contributed by atoms with van der Waals surface area (Å²) < 4.78 is 0. The molecule has 0 heterocycles. The van der Waals surface area contributed by atoms with Gasteiger partial charge in [-0.2, -0.15) is 0 Å². The van der Waals surface area contributed by atoms with E-state index in [0.29, 0.717) is 22.1 Å². The van der Waals surface area contributed by atoms with Gasteiger partial charge < -0.3 is 20.4 Å². The first-order valence-electron chi connectivity index (χ1n) is 10.2. The lowest BCUT2D eigenvalue weighted by molar-refractivity contribution is -0.140. The van der Waals surface area contributed by atoms with Crippen LogP contribution in [0.15, 0.2) is 23.5 Å². The molecular formula is C24H25NO7. The van der Waals surface area contributed by atoms with Gasteiger partial charge in [-0.1, -0.05) is 12.1 Å². The summed E-state index contributed by atoms with van der Waals surface area (Å²) in [7, 11) is 3.22. The lowest BCUT2D eigenvalue weighted by atomic mass is 9.60. The standard InChI is InChI=1S/C24H25NO7/c1-9-6-7-12-10(2)13-8-14-18(25(4)5)21(29)15(11(3)26)22(30)24(14,32)23(31)17(13)20(28)16(12)19(9)27/h6-7,14,18,27-29,32H,8H2,1-5H3/t14?,18-,24-/m1/s1. The largest absolute Gasteiger partial charge is 0.510 e. The molecule has 2 aliphatic rings. The van der Waals surface area contributed by atoms with Gasteiger partial charge in [-0.3, -0.25) is 19.3 Å². The molecule has 2 aromatic rings. The van der Waals surface area contributed by atoms with Crippen LogP contribution in [0.2, 0.25) is 0 Å². The van der Waals surface area contributed by atoms with Crippen LogP contribution in [-0.4, -0.2) is 68.4 Å². The minimum absolute atomic E-state index is 0.00856. The minimum Gasteiger partial charge on any atom is -0.510 e. The van der Waals surface area contributed by atoms with Crippen molar-refractivity contribution in [1.29, 1.82) is 0 Å². The molecule has 0 spiro atoms. The number of carbonyl (C=O) groups excluding carboxylic acids is 3. The smallest absolute Gasteiger partial charge is 0.209 e. The second-order valence-corrected chi connectivity index (χ2v) is 8.94. The van der Waals surface area contributed by atoms with Crippen molar-refractivity contribution in [2.24, 2.45) is 5.92 Å². The maximum atomic E-state index is 13.7. The Morgan fingerprint density at radius 2 is 1.69 bits per heavy atom. The van der Waals surface area contributed by atoms with Crippen LogP contribution in [0.25, 0.3) is 10.8 Å². The molecule has 8 heteroatoms. The number of carbonyl (C=O) groups is 3. The number of Topliss-reactive ketones (excluding diaryl/α,β-unsaturated/α-hetero) is 3. The number of hydrogen-bond acceptors (Lipinski definition) is 8. The van der Waals surface area contributed by atoms with Crippen molar-refractivity contribution in [3.63, 3.8) is 0 Å². The number of nitrogens with zero attached hydrogens (tertiary/aromatic N) is 1. The Bertz CT molecular complexity index is 1270. The molecule has 0 radical (unpaired) electrons. The first kappa shape index (κ1) is 22.0. The third-order valence-electron chi connectivity index (χ3n) is 6.94. The van der Waals surface area contributed by atoms with Crippen LogP contribution in [0.3, 0.4) is 0 Å². The van der Waals surface area contributed by atoms with Crippen molar-refractivity contribution in [3.05, 3.63) is 45.7 Å². The van der Waals surface area contributed by atoms with Gasteiger partial charge in [-0.25, -0.2) is 0 Å². The summed E-state index contributed by atoms with van der Waals surface area (Å²) in [6, 6.07) is 2.45. The Balaban J connectivity index is 2.09. The summed E-state index contributed by atoms with van der Waals surface area (Å²) in [6.07, 6.45) is -0.00856. The Labute approximate surface area is 184 Å². The number of phenolic OH excluding ortho intramolecular Hbond substituents is 2. The third-order valence-corrected chi connectivity index (χ3v) is 6.94. The maximum absolute atomic E-state index is 13.7. The summed E-state index contributed by atoms with van der Waals surface area (Å²) in [5.74, 6) is -5.26. The zero-order valence-electron chi connectivity index (χ0n) is 18.5. The van der Waals surface area contributed by atoms with Crippen molar-refractivity contribution in [2.45, 2.75) is 38.8 Å². The van der Waals surface area contributed by atoms with E-state index in [2.05, 4.69) is 0 Å². The quantitative estimate of drug-likeness (QED) is 0.411. The molecule has 0 saturated heterocycles. The highest BCUT2D eigenvalue weighted by Gasteiger charge is 2.63. The van der Waals surface area contributed by atoms with E-state index in [1.165, 1.54) is 0 Å². The van der Waals surface area contributed by atoms with E-state index in [9.17, 15) is 34.8 Å². The number of hydrogen-bond donors (Lipinski definition) is 4. The average molecular weight is 439 g/mol. The molecule has 0 aliphatic heterocycles. The summed E-state index contributed by atoms with van der Waals surface area (Å²) in [6.45, 7) is 4.46. The molecule has 2 aliphatic carbocycles. The van der Waals surface area contributed by atoms with Crippen molar-refractivity contribution in [1.82, 2.24) is 4.90 Å². The third kappa shape index (κ3) is 2.53. The molecule has 0 bridgehead atoms. The number of ketones is 3. The molecule has 8 nitrogen and oxygen atoms in total. The number of likely N-dealkylation sites (N-methyl/N-ethyl adjacent to an activating group) is 1. The number of aliphatic hydroxyl groups is 2. The molecule has 4 N–H and O–H groups in total. The maximum Gasteiger partial charge on any atom is 0.209 e. The first-order chi connectivity index (χ1) is 14.8. The number of aromatic hydroxyl groups is 2. The fourth-order valence-corrected chi connectivity index (χ4v) is 5.29. The number of phenols is 2. The summed E-state index contributed by atoms with van der Waals surface area (Å²) >= 11 is 0. The van der Waals surface area contributed by atoms with E-state index >= 15 is 0 Å². The molecular weight excluding hydrogens is 414 g/mol. The van der Waals surface area contributed by atoms with Crippen LogP contribution in [-0.2, 0) is 16.0 Å². The Hall–Kier alpha value is -3.23. The van der Waals surface area contributed by atoms with Crippen LogP contribution >= 0.6 is 0 Å². The van der Waals surface area contributed by atoms with Gasteiger partial charge in [-0.15, -0.1) is 0 Å². The van der Waals surface area contributed by atoms with E-state index in [-0.39, 0.29) is 23.1 Å². The van der Waals surface area contributed by atoms with E-state index in [1.807, 2.05) is 0 Å². The molecule has 0 saturated carbocycles. The highest BCUT2D eigenvalue weighted by molar-refractivity contribution is 6.33. The van der Waals surface area contributed by atoms with E-state index < -0.39 is 52.0 Å². The molecule has 3 atom stereocenters. The van der Waals surface area contributed by atoms with Crippen LogP contribution in [0.1, 0.15) is 34.0 Å². The van der Waals surface area contributed by atoms with Crippen LogP contribution < -0.4 is 0 Å². The minimum atomic E-state index is -2.65. The molecule has 1 unspecified atom stereocenters. The van der Waals surface area contributed by atoms with Crippen molar-refractivity contribution in [2.75, 3.05) is 14.1 Å². The van der Waals surface area contributed by atoms with Gasteiger partial charge in [0, 0.05) is 5.92 Å². The predicted octanol–water partition coefficient (Wildman–Crippen LogP) is 1.87. The van der Waals surface area contributed by atoms with Crippen LogP contribution in [0, 0.1) is 19.8 Å². The number of aryl methyl sites for hydroxylation is 2. The van der Waals surface area contributed by atoms with Gasteiger partial charge >= 0.3 is 0 Å². The number of rotatable bonds is 2. The van der Waals surface area contributed by atoms with Gasteiger partial charge in [0.1, 0.15) is 22.8 Å². The van der Waals surface area contributed by atoms with E-state index in [1.54, 1.807) is 45.0 Å². The molecule has 2 aromatic carbocycles. The highest BCUT2D eigenvalue weighted by atomic mass is 16.3. The van der Waals surface area contributed by atoms with Crippen LogP contribution in [0.4, 0.5) is 0 Å². The summed E-state index contributed by atoms with van der Waals surface area (Å²) in [4.78, 5) is 40.7. The number of benzene rings is 2. The summed E-state index contributed by atoms with van der Waals surface area (Å²) in [5, 5.41) is 44.5. The first-order valence-corrected chi connectivity index (χ1v) is 10.2. The molecule has 0 amide bonds. The lowest BCUT2D eigenvalue weighted by Gasteiger charge is -2.47. The van der Waals surface area contributed by atoms with Crippen molar-refractivity contribution >= 4 is 28.1 Å². The van der Waals surface area contributed by atoms with Crippen molar-refractivity contribution < 1.29 is 34.8 Å². The topological polar surface area (TPSA) is 135 Å². The van der Waals surface area contributed by atoms with E-state index in [0.717, 1.165) is 6.92 Å². The molecule has 168 valence electrons. The zero-order valence-corrected chi connectivity index (χ0v) is 18.5. The SMILES string of the molecule is CC(=O)C1=C(O)[C@H](N(C)C)C2Cc3c(c(O)c4c(O)c(C)ccc4c3C)C(=O)[C@]2(O)C1=O. The Kier molecular flexibility index (Phi) is 4.73. The van der Waals surface area contributed by atoms with Gasteiger partial charge in [0.15, 0.2) is 11.4 Å². The molecule has 32 heavy (non-hydrogen) atoms. The lowest BCUT2D eigenvalue weighted by Crippen LogP contribution is -2.65. The summed E-state index contributed by atoms with van der Waals surface area (Å²) in [5.41, 5.74) is -1.98. The van der Waals surface area contributed by atoms with Gasteiger partial charge in [0.05, 0.1) is 17.0 Å². The number of fused-ring (bicyclic) bond motifs is 3. The normalized spacial score (nSPS) is 25.3. The van der Waals surface area contributed by atoms with Gasteiger partial charge in [-0.05, 0) is 63.4 Å². The average Bonchev–Trinajstić information content (AvgIpc) is 2.70. The monoisotopic (exact) mass is 439 g/mol. The van der Waals surface area contributed by atoms with Crippen molar-refractivity contribution in [3.8, 4) is 11.5 Å². The number of aliphatic hydroxyl groups excluding tert-OH is 1. The highest BCUT2D eigenvalue weighted by Crippen LogP contribution is 2.50. The van der Waals surface area contributed by atoms with E-state index in [4.69, 9.17) is 0 Å². The molecule has 0 fully saturated rings. The van der Waals surface area contributed by atoms with Crippen LogP contribution in [0.5, 0.6) is 11.5 Å². The second kappa shape index (κ2) is 6.88. The van der Waals surface area contributed by atoms with Gasteiger partial charge in [0.25, 0.3) is 0 Å². The zero-order chi connectivity index (χ0) is 23.9. The molecule has 0 aromatic heterocycles. The molecule has 4 rings (SSSR count). The Morgan fingerprint density at radius 3 is 2.25 bits per heavy atom.